The number of carbonyl (C=O) groups excluding carboxylic acids is 1. The van der Waals surface area contributed by atoms with E-state index in [2.05, 4.69) is 5.10 Å². The molecule has 1 amide bonds. The van der Waals surface area contributed by atoms with Crippen LogP contribution >= 0.6 is 11.8 Å². The molecule has 0 saturated heterocycles. The quantitative estimate of drug-likeness (QED) is 0.869. The molecule has 2 rings (SSSR count). The molecule has 6 heteroatoms. The highest BCUT2D eigenvalue weighted by atomic mass is 32.2. The summed E-state index contributed by atoms with van der Waals surface area (Å²) < 4.78 is 1.74. The van der Waals surface area contributed by atoms with E-state index in [1.807, 2.05) is 19.3 Å². The molecule has 0 unspecified atom stereocenters. The molecule has 0 spiro atoms. The van der Waals surface area contributed by atoms with Crippen LogP contribution in [0.5, 0.6) is 0 Å². The number of nitrogens with zero attached hydrogens (tertiary/aromatic N) is 3. The number of rotatable bonds is 3. The van der Waals surface area contributed by atoms with Gasteiger partial charge in [0.15, 0.2) is 0 Å². The Hall–Kier alpha value is -1.95. The summed E-state index contributed by atoms with van der Waals surface area (Å²) in [7, 11) is 5.31. The monoisotopic (exact) mass is 276 g/mol. The van der Waals surface area contributed by atoms with Gasteiger partial charge >= 0.3 is 0 Å². The third-order valence-corrected chi connectivity index (χ3v) is 3.61. The maximum absolute atomic E-state index is 11.8. The smallest absolute Gasteiger partial charge is 0.253 e. The van der Waals surface area contributed by atoms with Crippen LogP contribution in [0.4, 0.5) is 5.69 Å². The second-order valence-corrected chi connectivity index (χ2v) is 5.52. The average molecular weight is 276 g/mol. The first kappa shape index (κ1) is 13.5. The van der Waals surface area contributed by atoms with Gasteiger partial charge in [0.05, 0.1) is 11.1 Å². The molecule has 0 fully saturated rings. The van der Waals surface area contributed by atoms with Crippen LogP contribution in [0.15, 0.2) is 40.4 Å². The number of benzene rings is 1. The predicted octanol–water partition coefficient (Wildman–Crippen LogP) is 1.86. The molecule has 1 heterocycles. The van der Waals surface area contributed by atoms with E-state index in [9.17, 15) is 4.79 Å². The van der Waals surface area contributed by atoms with E-state index >= 15 is 0 Å². The van der Waals surface area contributed by atoms with Gasteiger partial charge in [-0.05, 0) is 18.2 Å². The Morgan fingerprint density at radius 3 is 2.68 bits per heavy atom. The number of aromatic nitrogens is 2. The molecule has 0 atom stereocenters. The Bertz CT molecular complexity index is 606. The topological polar surface area (TPSA) is 64.2 Å². The normalized spacial score (nSPS) is 10.5. The van der Waals surface area contributed by atoms with Crippen LogP contribution in [-0.4, -0.2) is 34.7 Å². The molecule has 0 saturated carbocycles. The van der Waals surface area contributed by atoms with Crippen molar-refractivity contribution < 1.29 is 4.79 Å². The van der Waals surface area contributed by atoms with Gasteiger partial charge in [0.2, 0.25) is 0 Å². The Labute approximate surface area is 116 Å². The molecule has 0 aliphatic carbocycles. The SMILES string of the molecule is CN(C)C(=O)c1ccc(Sc2cnn(C)c2)c(N)c1. The lowest BCUT2D eigenvalue weighted by atomic mass is 10.2. The number of amides is 1. The number of nitrogen functional groups attached to an aromatic ring is 1. The number of nitrogens with two attached hydrogens (primary N) is 1. The van der Waals surface area contributed by atoms with Crippen molar-refractivity contribution in [1.82, 2.24) is 14.7 Å². The number of anilines is 1. The van der Waals surface area contributed by atoms with Crippen molar-refractivity contribution in [3.8, 4) is 0 Å². The fourth-order valence-electron chi connectivity index (χ4n) is 1.61. The van der Waals surface area contributed by atoms with Crippen LogP contribution in [-0.2, 0) is 7.05 Å². The average Bonchev–Trinajstić information content (AvgIpc) is 2.76. The minimum Gasteiger partial charge on any atom is -0.398 e. The molecular weight excluding hydrogens is 260 g/mol. The molecular formula is C13H16N4OS. The maximum atomic E-state index is 11.8. The molecule has 2 aromatic rings. The van der Waals surface area contributed by atoms with Crippen LogP contribution in [0.3, 0.4) is 0 Å². The van der Waals surface area contributed by atoms with Gasteiger partial charge in [0, 0.05) is 43.5 Å². The van der Waals surface area contributed by atoms with E-state index in [0.717, 1.165) is 9.79 Å². The summed E-state index contributed by atoms with van der Waals surface area (Å²) in [6.07, 6.45) is 3.70. The first-order valence-electron chi connectivity index (χ1n) is 5.75. The van der Waals surface area contributed by atoms with Gasteiger partial charge < -0.3 is 10.6 Å². The molecule has 0 aliphatic heterocycles. The molecule has 0 radical (unpaired) electrons. The molecule has 0 bridgehead atoms. The van der Waals surface area contributed by atoms with E-state index in [1.165, 1.54) is 16.7 Å². The summed E-state index contributed by atoms with van der Waals surface area (Å²) in [5, 5.41) is 4.11. The lowest BCUT2D eigenvalue weighted by molar-refractivity contribution is 0.0827. The van der Waals surface area contributed by atoms with Gasteiger partial charge in [0.25, 0.3) is 5.91 Å². The number of aryl methyl sites for hydroxylation is 1. The van der Waals surface area contributed by atoms with Gasteiger partial charge in [0.1, 0.15) is 0 Å². The first-order valence-corrected chi connectivity index (χ1v) is 6.56. The van der Waals surface area contributed by atoms with Crippen LogP contribution in [0.25, 0.3) is 0 Å². The van der Waals surface area contributed by atoms with E-state index in [1.54, 1.807) is 37.1 Å². The second-order valence-electron chi connectivity index (χ2n) is 4.40. The maximum Gasteiger partial charge on any atom is 0.253 e. The van der Waals surface area contributed by atoms with Crippen molar-refractivity contribution in [2.24, 2.45) is 7.05 Å². The largest absolute Gasteiger partial charge is 0.398 e. The number of hydrogen-bond donors (Lipinski definition) is 1. The Morgan fingerprint density at radius 2 is 2.16 bits per heavy atom. The minimum absolute atomic E-state index is 0.0513. The van der Waals surface area contributed by atoms with Gasteiger partial charge in [-0.25, -0.2) is 0 Å². The molecule has 1 aromatic heterocycles. The predicted molar refractivity (Wildman–Crippen MR) is 76.2 cm³/mol. The zero-order valence-electron chi connectivity index (χ0n) is 11.1. The Morgan fingerprint density at radius 1 is 1.42 bits per heavy atom. The lowest BCUT2D eigenvalue weighted by Crippen LogP contribution is -2.21. The van der Waals surface area contributed by atoms with Crippen LogP contribution in [0, 0.1) is 0 Å². The lowest BCUT2D eigenvalue weighted by Gasteiger charge is -2.11. The standard InChI is InChI=1S/C13H16N4OS/c1-16(2)13(18)9-4-5-12(11(14)6-9)19-10-7-15-17(3)8-10/h4-8H,14H2,1-3H3. The Balaban J connectivity index is 2.22. The zero-order chi connectivity index (χ0) is 14.0. The highest BCUT2D eigenvalue weighted by Gasteiger charge is 2.11. The van der Waals surface area contributed by atoms with Gasteiger partial charge in [-0.1, -0.05) is 11.8 Å². The van der Waals surface area contributed by atoms with Crippen LogP contribution in [0.1, 0.15) is 10.4 Å². The molecule has 0 aliphatic rings. The van der Waals surface area contributed by atoms with E-state index in [4.69, 9.17) is 5.73 Å². The van der Waals surface area contributed by atoms with Gasteiger partial charge in [-0.3, -0.25) is 9.48 Å². The Kier molecular flexibility index (Phi) is 3.80. The summed E-state index contributed by atoms with van der Waals surface area (Å²) in [4.78, 5) is 15.3. The van der Waals surface area contributed by atoms with Crippen molar-refractivity contribution in [2.75, 3.05) is 19.8 Å². The molecule has 2 N–H and O–H groups in total. The van der Waals surface area contributed by atoms with Gasteiger partial charge in [-0.15, -0.1) is 0 Å². The fraction of sp³-hybridized carbons (Fsp3) is 0.231. The first-order chi connectivity index (χ1) is 8.97. The zero-order valence-corrected chi connectivity index (χ0v) is 11.9. The third-order valence-electron chi connectivity index (χ3n) is 2.57. The molecule has 1 aromatic carbocycles. The van der Waals surface area contributed by atoms with Crippen molar-refractivity contribution in [1.29, 1.82) is 0 Å². The molecule has 5 nitrogen and oxygen atoms in total. The number of carbonyl (C=O) groups is 1. The highest BCUT2D eigenvalue weighted by molar-refractivity contribution is 7.99. The van der Waals surface area contributed by atoms with Crippen molar-refractivity contribution in [2.45, 2.75) is 9.79 Å². The van der Waals surface area contributed by atoms with Crippen molar-refractivity contribution >= 4 is 23.4 Å². The number of hydrogen-bond acceptors (Lipinski definition) is 4. The third kappa shape index (κ3) is 3.08. The van der Waals surface area contributed by atoms with E-state index < -0.39 is 0 Å². The van der Waals surface area contributed by atoms with E-state index in [0.29, 0.717) is 11.3 Å². The minimum atomic E-state index is -0.0513. The fourth-order valence-corrected chi connectivity index (χ4v) is 2.48. The van der Waals surface area contributed by atoms with Crippen LogP contribution in [0.2, 0.25) is 0 Å². The van der Waals surface area contributed by atoms with E-state index in [-0.39, 0.29) is 5.91 Å². The van der Waals surface area contributed by atoms with Crippen LogP contribution < -0.4 is 5.73 Å². The molecule has 19 heavy (non-hydrogen) atoms. The summed E-state index contributed by atoms with van der Waals surface area (Å²) in [6.45, 7) is 0. The molecule has 100 valence electrons. The summed E-state index contributed by atoms with van der Waals surface area (Å²) in [5.41, 5.74) is 7.19. The summed E-state index contributed by atoms with van der Waals surface area (Å²) >= 11 is 1.53. The van der Waals surface area contributed by atoms with Crippen molar-refractivity contribution in [3.63, 3.8) is 0 Å². The second kappa shape index (κ2) is 5.36. The highest BCUT2D eigenvalue weighted by Crippen LogP contribution is 2.32. The van der Waals surface area contributed by atoms with Gasteiger partial charge in [-0.2, -0.15) is 5.10 Å². The van der Waals surface area contributed by atoms with Crippen molar-refractivity contribution in [3.05, 3.63) is 36.2 Å². The summed E-state index contributed by atoms with van der Waals surface area (Å²) in [6, 6.07) is 5.36. The summed E-state index contributed by atoms with van der Waals surface area (Å²) in [5.74, 6) is -0.0513.